The molecule has 0 bridgehead atoms. The number of rotatable bonds is 5. The van der Waals surface area contributed by atoms with Crippen molar-refractivity contribution in [3.05, 3.63) is 35.9 Å². The molecule has 19 heavy (non-hydrogen) atoms. The summed E-state index contributed by atoms with van der Waals surface area (Å²) in [6, 6.07) is 10.1. The third-order valence-electron chi connectivity index (χ3n) is 3.61. The molecule has 1 aliphatic rings. The van der Waals surface area contributed by atoms with Gasteiger partial charge in [-0.1, -0.05) is 49.6 Å². The molecule has 3 nitrogen and oxygen atoms in total. The van der Waals surface area contributed by atoms with Crippen LogP contribution in [0.1, 0.15) is 44.1 Å². The van der Waals surface area contributed by atoms with Crippen LogP contribution < -0.4 is 5.43 Å². The minimum Gasteiger partial charge on any atom is -0.273 e. The number of hydrogen-bond acceptors (Lipinski definition) is 2. The number of benzene rings is 1. The first-order valence-corrected chi connectivity index (χ1v) is 7.20. The third-order valence-corrected chi connectivity index (χ3v) is 3.61. The Hall–Kier alpha value is -1.64. The first-order chi connectivity index (χ1) is 9.34. The van der Waals surface area contributed by atoms with Crippen LogP contribution in [0.25, 0.3) is 0 Å². The highest BCUT2D eigenvalue weighted by Crippen LogP contribution is 2.21. The van der Waals surface area contributed by atoms with E-state index in [9.17, 15) is 4.79 Å². The van der Waals surface area contributed by atoms with Gasteiger partial charge >= 0.3 is 0 Å². The molecule has 0 atom stereocenters. The van der Waals surface area contributed by atoms with Gasteiger partial charge in [0.1, 0.15) is 0 Å². The van der Waals surface area contributed by atoms with E-state index < -0.39 is 0 Å². The Morgan fingerprint density at radius 2 is 1.95 bits per heavy atom. The van der Waals surface area contributed by atoms with Crippen molar-refractivity contribution in [3.8, 4) is 0 Å². The van der Waals surface area contributed by atoms with Crippen molar-refractivity contribution in [2.24, 2.45) is 11.0 Å². The topological polar surface area (TPSA) is 41.5 Å². The minimum atomic E-state index is -0.00378. The van der Waals surface area contributed by atoms with E-state index in [1.807, 2.05) is 36.5 Å². The molecule has 102 valence electrons. The molecule has 0 unspecified atom stereocenters. The fraction of sp³-hybridized carbons (Fsp3) is 0.500. The quantitative estimate of drug-likeness (QED) is 0.639. The predicted octanol–water partition coefficient (Wildman–Crippen LogP) is 3.30. The van der Waals surface area contributed by atoms with Gasteiger partial charge in [0.2, 0.25) is 5.91 Å². The molecule has 2 rings (SSSR count). The molecule has 0 radical (unpaired) electrons. The van der Waals surface area contributed by atoms with Crippen molar-refractivity contribution in [2.45, 2.75) is 44.9 Å². The van der Waals surface area contributed by atoms with E-state index in [2.05, 4.69) is 10.5 Å². The second-order valence-corrected chi connectivity index (χ2v) is 5.20. The summed E-state index contributed by atoms with van der Waals surface area (Å²) >= 11 is 0. The normalized spacial score (nSPS) is 16.6. The number of hydrazone groups is 1. The molecule has 3 heteroatoms. The lowest BCUT2D eigenvalue weighted by molar-refractivity contribution is -0.121. The van der Waals surface area contributed by atoms with Gasteiger partial charge in [-0.2, -0.15) is 5.10 Å². The zero-order valence-electron chi connectivity index (χ0n) is 11.3. The SMILES string of the molecule is O=C(CCc1ccccc1)NN=CC1CCCCC1. The van der Waals surface area contributed by atoms with Crippen molar-refractivity contribution >= 4 is 12.1 Å². The van der Waals surface area contributed by atoms with Crippen molar-refractivity contribution in [1.29, 1.82) is 0 Å². The maximum Gasteiger partial charge on any atom is 0.240 e. The molecular formula is C16H22N2O. The molecule has 0 aliphatic heterocycles. The van der Waals surface area contributed by atoms with Crippen LogP contribution in [-0.2, 0) is 11.2 Å². The average Bonchev–Trinajstić information content (AvgIpc) is 2.47. The summed E-state index contributed by atoms with van der Waals surface area (Å²) in [5.41, 5.74) is 3.82. The van der Waals surface area contributed by atoms with Crippen molar-refractivity contribution in [3.63, 3.8) is 0 Å². The van der Waals surface area contributed by atoms with Gasteiger partial charge in [0, 0.05) is 12.6 Å². The van der Waals surface area contributed by atoms with Crippen molar-refractivity contribution in [1.82, 2.24) is 5.43 Å². The van der Waals surface area contributed by atoms with E-state index in [1.165, 1.54) is 37.7 Å². The molecule has 1 aromatic carbocycles. The Labute approximate surface area is 115 Å². The number of carbonyl (C=O) groups is 1. The summed E-state index contributed by atoms with van der Waals surface area (Å²) in [4.78, 5) is 11.6. The first-order valence-electron chi connectivity index (χ1n) is 7.20. The third kappa shape index (κ3) is 5.25. The molecule has 1 fully saturated rings. The van der Waals surface area contributed by atoms with E-state index in [4.69, 9.17) is 0 Å². The number of nitrogens with one attached hydrogen (secondary N) is 1. The lowest BCUT2D eigenvalue weighted by Crippen LogP contribution is -2.19. The Balaban J connectivity index is 1.65. The van der Waals surface area contributed by atoms with E-state index in [0.29, 0.717) is 12.3 Å². The minimum absolute atomic E-state index is 0.00378. The lowest BCUT2D eigenvalue weighted by Gasteiger charge is -2.16. The summed E-state index contributed by atoms with van der Waals surface area (Å²) < 4.78 is 0. The van der Waals surface area contributed by atoms with Crippen LogP contribution in [-0.4, -0.2) is 12.1 Å². The molecular weight excluding hydrogens is 236 g/mol. The lowest BCUT2D eigenvalue weighted by atomic mass is 9.90. The highest BCUT2D eigenvalue weighted by molar-refractivity contribution is 5.77. The molecule has 1 aliphatic carbocycles. The van der Waals surface area contributed by atoms with Crippen LogP contribution in [0.15, 0.2) is 35.4 Å². The van der Waals surface area contributed by atoms with Gasteiger partial charge in [0.15, 0.2) is 0 Å². The molecule has 0 saturated heterocycles. The zero-order chi connectivity index (χ0) is 13.3. The maximum atomic E-state index is 11.6. The fourth-order valence-corrected chi connectivity index (χ4v) is 2.46. The summed E-state index contributed by atoms with van der Waals surface area (Å²) in [7, 11) is 0. The number of amides is 1. The Kier molecular flexibility index (Phi) is 5.60. The van der Waals surface area contributed by atoms with Gasteiger partial charge < -0.3 is 0 Å². The molecule has 0 aromatic heterocycles. The predicted molar refractivity (Wildman–Crippen MR) is 78.0 cm³/mol. The van der Waals surface area contributed by atoms with E-state index in [-0.39, 0.29) is 5.91 Å². The molecule has 0 heterocycles. The van der Waals surface area contributed by atoms with Gasteiger partial charge in [-0.05, 0) is 30.7 Å². The monoisotopic (exact) mass is 258 g/mol. The maximum absolute atomic E-state index is 11.6. The smallest absolute Gasteiger partial charge is 0.240 e. The van der Waals surface area contributed by atoms with Crippen LogP contribution in [0, 0.1) is 5.92 Å². The molecule has 1 amide bonds. The van der Waals surface area contributed by atoms with Crippen LogP contribution in [0.3, 0.4) is 0 Å². The largest absolute Gasteiger partial charge is 0.273 e. The van der Waals surface area contributed by atoms with Crippen LogP contribution in [0.4, 0.5) is 0 Å². The summed E-state index contributed by atoms with van der Waals surface area (Å²) in [5, 5.41) is 4.08. The number of hydrogen-bond donors (Lipinski definition) is 1. The average molecular weight is 258 g/mol. The van der Waals surface area contributed by atoms with Crippen molar-refractivity contribution < 1.29 is 4.79 Å². The van der Waals surface area contributed by atoms with Gasteiger partial charge in [-0.3, -0.25) is 4.79 Å². The van der Waals surface area contributed by atoms with Crippen molar-refractivity contribution in [2.75, 3.05) is 0 Å². The molecule has 0 spiro atoms. The van der Waals surface area contributed by atoms with Gasteiger partial charge in [0.05, 0.1) is 0 Å². The number of carbonyl (C=O) groups excluding carboxylic acids is 1. The summed E-state index contributed by atoms with van der Waals surface area (Å²) in [6.45, 7) is 0. The standard InChI is InChI=1S/C16H22N2O/c19-16(12-11-14-7-3-1-4-8-14)18-17-13-15-9-5-2-6-10-15/h1,3-4,7-8,13,15H,2,5-6,9-12H2,(H,18,19). The van der Waals surface area contributed by atoms with Gasteiger partial charge in [-0.25, -0.2) is 5.43 Å². The fourth-order valence-electron chi connectivity index (χ4n) is 2.46. The summed E-state index contributed by atoms with van der Waals surface area (Å²) in [6.07, 6.45) is 9.52. The highest BCUT2D eigenvalue weighted by Gasteiger charge is 2.10. The van der Waals surface area contributed by atoms with E-state index >= 15 is 0 Å². The Bertz CT molecular complexity index is 408. The Morgan fingerprint density at radius 3 is 2.68 bits per heavy atom. The molecule has 1 N–H and O–H groups in total. The molecule has 1 saturated carbocycles. The highest BCUT2D eigenvalue weighted by atomic mass is 16.2. The number of aryl methyl sites for hydroxylation is 1. The zero-order valence-corrected chi connectivity index (χ0v) is 11.3. The second kappa shape index (κ2) is 7.72. The van der Waals surface area contributed by atoms with E-state index in [0.717, 1.165) is 6.42 Å². The first kappa shape index (κ1) is 13.8. The van der Waals surface area contributed by atoms with Gasteiger partial charge in [0.25, 0.3) is 0 Å². The second-order valence-electron chi connectivity index (χ2n) is 5.20. The Morgan fingerprint density at radius 1 is 1.21 bits per heavy atom. The van der Waals surface area contributed by atoms with Crippen LogP contribution in [0.2, 0.25) is 0 Å². The summed E-state index contributed by atoms with van der Waals surface area (Å²) in [5.74, 6) is 0.555. The van der Waals surface area contributed by atoms with E-state index in [1.54, 1.807) is 0 Å². The molecule has 1 aromatic rings. The number of nitrogens with zero attached hydrogens (tertiary/aromatic N) is 1. The van der Waals surface area contributed by atoms with Crippen LogP contribution >= 0.6 is 0 Å². The van der Waals surface area contributed by atoms with Crippen LogP contribution in [0.5, 0.6) is 0 Å². The van der Waals surface area contributed by atoms with Gasteiger partial charge in [-0.15, -0.1) is 0 Å².